The van der Waals surface area contributed by atoms with E-state index in [4.69, 9.17) is 10.5 Å². The van der Waals surface area contributed by atoms with Gasteiger partial charge in [0.05, 0.1) is 5.60 Å². The molecule has 0 saturated carbocycles. The molecule has 0 aromatic carbocycles. The van der Waals surface area contributed by atoms with Crippen LogP contribution in [0.2, 0.25) is 0 Å². The molecule has 0 saturated heterocycles. The molecule has 2 N–H and O–H groups in total. The Kier molecular flexibility index (Phi) is 8.04. The van der Waals surface area contributed by atoms with Crippen LogP contribution in [0.25, 0.3) is 0 Å². The second kappa shape index (κ2) is 8.08. The molecular weight excluding hydrogens is 198 g/mol. The van der Waals surface area contributed by atoms with Gasteiger partial charge in [-0.15, -0.1) is 0 Å². The molecule has 2 heteroatoms. The van der Waals surface area contributed by atoms with E-state index in [9.17, 15) is 0 Å². The summed E-state index contributed by atoms with van der Waals surface area (Å²) in [5.74, 6) is 0.797. The highest BCUT2D eigenvalue weighted by atomic mass is 16.5. The van der Waals surface area contributed by atoms with Gasteiger partial charge in [-0.2, -0.15) is 0 Å². The van der Waals surface area contributed by atoms with Crippen LogP contribution in [-0.2, 0) is 4.74 Å². The van der Waals surface area contributed by atoms with Crippen molar-refractivity contribution in [2.45, 2.75) is 77.9 Å². The standard InChI is InChI=1S/C14H31NO/c1-6-13(15)10-9-12(2)8-7-11-14(3,4)16-5/h12-13H,6-11,15H2,1-5H3. The molecule has 98 valence electrons. The first-order valence-electron chi connectivity index (χ1n) is 6.72. The monoisotopic (exact) mass is 229 g/mol. The highest BCUT2D eigenvalue weighted by Gasteiger charge is 2.16. The van der Waals surface area contributed by atoms with Crippen molar-refractivity contribution in [3.63, 3.8) is 0 Å². The Morgan fingerprint density at radius 2 is 1.81 bits per heavy atom. The third-order valence-electron chi connectivity index (χ3n) is 3.58. The number of hydrogen-bond donors (Lipinski definition) is 1. The minimum absolute atomic E-state index is 0.0412. The van der Waals surface area contributed by atoms with Gasteiger partial charge in [-0.1, -0.05) is 26.7 Å². The lowest BCUT2D eigenvalue weighted by Gasteiger charge is -2.23. The van der Waals surface area contributed by atoms with E-state index < -0.39 is 0 Å². The highest BCUT2D eigenvalue weighted by Crippen LogP contribution is 2.21. The van der Waals surface area contributed by atoms with Gasteiger partial charge in [-0.3, -0.25) is 0 Å². The maximum atomic E-state index is 5.92. The van der Waals surface area contributed by atoms with Crippen LogP contribution in [0, 0.1) is 5.92 Å². The number of rotatable bonds is 9. The van der Waals surface area contributed by atoms with Crippen LogP contribution in [0.3, 0.4) is 0 Å². The van der Waals surface area contributed by atoms with Gasteiger partial charge < -0.3 is 10.5 Å². The third-order valence-corrected chi connectivity index (χ3v) is 3.58. The van der Waals surface area contributed by atoms with Gasteiger partial charge in [0.2, 0.25) is 0 Å². The molecule has 0 rings (SSSR count). The number of methoxy groups -OCH3 is 1. The van der Waals surface area contributed by atoms with Crippen molar-refractivity contribution in [2.24, 2.45) is 11.7 Å². The molecule has 0 amide bonds. The first kappa shape index (κ1) is 15.9. The molecule has 0 fully saturated rings. The van der Waals surface area contributed by atoms with Gasteiger partial charge in [0.25, 0.3) is 0 Å². The van der Waals surface area contributed by atoms with Gasteiger partial charge in [0.1, 0.15) is 0 Å². The Bertz CT molecular complexity index is 168. The molecule has 0 bridgehead atoms. The maximum Gasteiger partial charge on any atom is 0.0622 e. The first-order valence-corrected chi connectivity index (χ1v) is 6.72. The van der Waals surface area contributed by atoms with E-state index >= 15 is 0 Å². The summed E-state index contributed by atoms with van der Waals surface area (Å²) in [6, 6.07) is 0.401. The zero-order chi connectivity index (χ0) is 12.6. The predicted octanol–water partition coefficient (Wildman–Crippen LogP) is 3.74. The van der Waals surface area contributed by atoms with Gasteiger partial charge in [0, 0.05) is 13.2 Å². The van der Waals surface area contributed by atoms with Crippen molar-refractivity contribution in [1.82, 2.24) is 0 Å². The van der Waals surface area contributed by atoms with E-state index in [2.05, 4.69) is 27.7 Å². The second-order valence-electron chi connectivity index (χ2n) is 5.71. The Morgan fingerprint density at radius 1 is 1.19 bits per heavy atom. The highest BCUT2D eigenvalue weighted by molar-refractivity contribution is 4.69. The first-order chi connectivity index (χ1) is 7.41. The lowest BCUT2D eigenvalue weighted by molar-refractivity contribution is 0.0127. The molecular formula is C14H31NO. The van der Waals surface area contributed by atoms with E-state index in [0.717, 1.165) is 18.8 Å². The molecule has 16 heavy (non-hydrogen) atoms. The topological polar surface area (TPSA) is 35.2 Å². The molecule has 0 spiro atoms. The van der Waals surface area contributed by atoms with E-state index in [-0.39, 0.29) is 5.60 Å². The summed E-state index contributed by atoms with van der Waals surface area (Å²) in [5, 5.41) is 0. The molecule has 0 aliphatic rings. The van der Waals surface area contributed by atoms with Crippen molar-refractivity contribution in [3.8, 4) is 0 Å². The average molecular weight is 229 g/mol. The van der Waals surface area contributed by atoms with E-state index in [1.54, 1.807) is 7.11 Å². The van der Waals surface area contributed by atoms with Crippen molar-refractivity contribution in [2.75, 3.05) is 7.11 Å². The van der Waals surface area contributed by atoms with E-state index in [1.165, 1.54) is 25.7 Å². The summed E-state index contributed by atoms with van der Waals surface area (Å²) in [6.45, 7) is 8.81. The SMILES string of the molecule is CCC(N)CCC(C)CCCC(C)(C)OC. The molecule has 0 aliphatic carbocycles. The molecule has 0 heterocycles. The second-order valence-corrected chi connectivity index (χ2v) is 5.71. The fourth-order valence-electron chi connectivity index (χ4n) is 1.83. The van der Waals surface area contributed by atoms with Crippen molar-refractivity contribution < 1.29 is 4.74 Å². The lowest BCUT2D eigenvalue weighted by Crippen LogP contribution is -2.22. The van der Waals surface area contributed by atoms with Crippen LogP contribution in [0.4, 0.5) is 0 Å². The quantitative estimate of drug-likeness (QED) is 0.654. The van der Waals surface area contributed by atoms with Crippen LogP contribution >= 0.6 is 0 Å². The van der Waals surface area contributed by atoms with Crippen LogP contribution < -0.4 is 5.73 Å². The van der Waals surface area contributed by atoms with E-state index in [0.29, 0.717) is 6.04 Å². The fourth-order valence-corrected chi connectivity index (χ4v) is 1.83. The number of hydrogen-bond acceptors (Lipinski definition) is 2. The average Bonchev–Trinajstić information content (AvgIpc) is 2.25. The smallest absolute Gasteiger partial charge is 0.0622 e. The summed E-state index contributed by atoms with van der Waals surface area (Å²) in [5.41, 5.74) is 5.96. The normalized spacial score (nSPS) is 16.1. The number of ether oxygens (including phenoxy) is 1. The van der Waals surface area contributed by atoms with Crippen LogP contribution in [0.1, 0.15) is 66.2 Å². The van der Waals surface area contributed by atoms with Gasteiger partial charge >= 0.3 is 0 Å². The maximum absolute atomic E-state index is 5.92. The number of nitrogens with two attached hydrogens (primary N) is 1. The summed E-state index contributed by atoms with van der Waals surface area (Å²) in [6.07, 6.45) is 7.23. The van der Waals surface area contributed by atoms with Gasteiger partial charge in [-0.25, -0.2) is 0 Å². The molecule has 2 atom stereocenters. The molecule has 0 aromatic rings. The minimum atomic E-state index is 0.0412. The van der Waals surface area contributed by atoms with Crippen LogP contribution in [-0.4, -0.2) is 18.8 Å². The summed E-state index contributed by atoms with van der Waals surface area (Å²) in [4.78, 5) is 0. The van der Waals surface area contributed by atoms with Crippen molar-refractivity contribution in [1.29, 1.82) is 0 Å². The Morgan fingerprint density at radius 3 is 2.31 bits per heavy atom. The summed E-state index contributed by atoms with van der Waals surface area (Å²) < 4.78 is 5.42. The molecule has 2 nitrogen and oxygen atoms in total. The van der Waals surface area contributed by atoms with Gasteiger partial charge in [0.15, 0.2) is 0 Å². The van der Waals surface area contributed by atoms with Crippen LogP contribution in [0.5, 0.6) is 0 Å². The zero-order valence-electron chi connectivity index (χ0n) is 11.9. The van der Waals surface area contributed by atoms with Crippen molar-refractivity contribution in [3.05, 3.63) is 0 Å². The lowest BCUT2D eigenvalue weighted by atomic mass is 9.93. The predicted molar refractivity (Wildman–Crippen MR) is 71.6 cm³/mol. The molecule has 2 unspecified atom stereocenters. The Balaban J connectivity index is 3.54. The Labute approximate surface area is 102 Å². The zero-order valence-corrected chi connectivity index (χ0v) is 11.9. The van der Waals surface area contributed by atoms with E-state index in [1.807, 2.05) is 0 Å². The van der Waals surface area contributed by atoms with Crippen molar-refractivity contribution >= 4 is 0 Å². The molecule has 0 radical (unpaired) electrons. The fraction of sp³-hybridized carbons (Fsp3) is 1.00. The largest absolute Gasteiger partial charge is 0.379 e. The molecule has 0 aliphatic heterocycles. The Hall–Kier alpha value is -0.0800. The van der Waals surface area contributed by atoms with Crippen LogP contribution in [0.15, 0.2) is 0 Å². The summed E-state index contributed by atoms with van der Waals surface area (Å²) >= 11 is 0. The molecule has 0 aromatic heterocycles. The minimum Gasteiger partial charge on any atom is -0.379 e. The third kappa shape index (κ3) is 8.12. The summed E-state index contributed by atoms with van der Waals surface area (Å²) in [7, 11) is 1.80. The van der Waals surface area contributed by atoms with Gasteiger partial charge in [-0.05, 0) is 45.4 Å².